The van der Waals surface area contributed by atoms with Crippen molar-refractivity contribution < 1.29 is 9.90 Å². The Balaban J connectivity index is 2.99. The zero-order valence-electron chi connectivity index (χ0n) is 9.25. The summed E-state index contributed by atoms with van der Waals surface area (Å²) < 4.78 is 0. The molecule has 0 spiro atoms. The van der Waals surface area contributed by atoms with E-state index in [1.165, 1.54) is 12.1 Å². The van der Waals surface area contributed by atoms with Crippen LogP contribution >= 0.6 is 11.6 Å². The van der Waals surface area contributed by atoms with Gasteiger partial charge in [0.05, 0.1) is 6.10 Å². The molecule has 0 unspecified atom stereocenters. The van der Waals surface area contributed by atoms with Crippen LogP contribution in [0.2, 0.25) is 5.02 Å². The van der Waals surface area contributed by atoms with E-state index in [2.05, 4.69) is 10.0 Å². The van der Waals surface area contributed by atoms with Crippen molar-refractivity contribution in [1.82, 2.24) is 0 Å². The van der Waals surface area contributed by atoms with Gasteiger partial charge in [-0.15, -0.1) is 0 Å². The molecule has 0 fully saturated rings. The number of benzene rings is 1. The predicted molar refractivity (Wildman–Crippen MR) is 65.0 cm³/mol. The first-order chi connectivity index (χ1) is 8.10. The zero-order chi connectivity index (χ0) is 12.8. The van der Waals surface area contributed by atoms with Crippen molar-refractivity contribution in [3.8, 4) is 0 Å². The molecule has 2 atom stereocenters. The molecule has 1 aromatic rings. The van der Waals surface area contributed by atoms with Gasteiger partial charge in [-0.1, -0.05) is 23.6 Å². The second-order valence-corrected chi connectivity index (χ2v) is 3.93. The van der Waals surface area contributed by atoms with Crippen LogP contribution in [0.5, 0.6) is 0 Å². The highest BCUT2D eigenvalue weighted by Gasteiger charge is 2.25. The van der Waals surface area contributed by atoms with Gasteiger partial charge in [0.1, 0.15) is 6.04 Å². The van der Waals surface area contributed by atoms with E-state index >= 15 is 0 Å². The molecule has 0 saturated heterocycles. The fourth-order valence-electron chi connectivity index (χ4n) is 1.37. The quantitative estimate of drug-likeness (QED) is 0.378. The first-order valence-corrected chi connectivity index (χ1v) is 5.50. The van der Waals surface area contributed by atoms with Gasteiger partial charge >= 0.3 is 0 Å². The number of hydrogen-bond acceptors (Lipinski definition) is 3. The van der Waals surface area contributed by atoms with Crippen molar-refractivity contribution in [3.05, 3.63) is 45.3 Å². The number of Topliss-reactive ketones (excluding diaryl/α,β-unsaturated/α-hetero) is 1. The fraction of sp³-hybridized carbons (Fsp3) is 0.364. The molecule has 1 aromatic carbocycles. The molecule has 17 heavy (non-hydrogen) atoms. The minimum atomic E-state index is -1.09. The van der Waals surface area contributed by atoms with Crippen molar-refractivity contribution in [2.45, 2.75) is 25.5 Å². The minimum absolute atomic E-state index is 0.336. The molecule has 0 aliphatic rings. The number of carbonyl (C=O) groups is 1. The highest BCUT2D eigenvalue weighted by molar-refractivity contribution is 6.30. The van der Waals surface area contributed by atoms with E-state index in [1.54, 1.807) is 19.1 Å². The van der Waals surface area contributed by atoms with Crippen molar-refractivity contribution in [1.29, 1.82) is 0 Å². The summed E-state index contributed by atoms with van der Waals surface area (Å²) in [7, 11) is 0. The van der Waals surface area contributed by atoms with Crippen LogP contribution in [0, 0.1) is 0 Å². The molecule has 6 heteroatoms. The standard InChI is InChI=1S/C11H12ClN3O2/c1-2-9(16)10(14-15-13)11(17)7-3-5-8(12)6-4-7/h3-6,9-10,16H,2H2,1H3/t9-,10+/m1/s1. The molecule has 5 nitrogen and oxygen atoms in total. The van der Waals surface area contributed by atoms with Gasteiger partial charge in [0.2, 0.25) is 0 Å². The van der Waals surface area contributed by atoms with Gasteiger partial charge in [-0.05, 0) is 36.2 Å². The molecule has 0 bridgehead atoms. The highest BCUT2D eigenvalue weighted by Crippen LogP contribution is 2.15. The molecular formula is C11H12ClN3O2. The van der Waals surface area contributed by atoms with Crippen LogP contribution in [0.15, 0.2) is 29.4 Å². The van der Waals surface area contributed by atoms with E-state index in [1.807, 2.05) is 0 Å². The van der Waals surface area contributed by atoms with Crippen LogP contribution in [0.25, 0.3) is 10.4 Å². The van der Waals surface area contributed by atoms with Crippen LogP contribution < -0.4 is 0 Å². The SMILES string of the molecule is CC[C@@H](O)[C@H](N=[N+]=[N-])C(=O)c1ccc(Cl)cc1. The molecule has 1 N–H and O–H groups in total. The predicted octanol–water partition coefficient (Wildman–Crippen LogP) is 2.97. The maximum Gasteiger partial charge on any atom is 0.174 e. The summed E-state index contributed by atoms with van der Waals surface area (Å²) in [6.45, 7) is 1.71. The third-order valence-electron chi connectivity index (χ3n) is 2.36. The average Bonchev–Trinajstić information content (AvgIpc) is 2.35. The van der Waals surface area contributed by atoms with E-state index in [-0.39, 0.29) is 0 Å². The molecule has 0 saturated carbocycles. The Morgan fingerprint density at radius 1 is 1.53 bits per heavy atom. The summed E-state index contributed by atoms with van der Waals surface area (Å²) in [6.07, 6.45) is -0.641. The normalized spacial score (nSPS) is 13.6. The molecule has 90 valence electrons. The third kappa shape index (κ3) is 3.46. The first-order valence-electron chi connectivity index (χ1n) is 5.12. The largest absolute Gasteiger partial charge is 0.392 e. The van der Waals surface area contributed by atoms with Crippen molar-refractivity contribution in [3.63, 3.8) is 0 Å². The fourth-order valence-corrected chi connectivity index (χ4v) is 1.49. The number of azide groups is 1. The summed E-state index contributed by atoms with van der Waals surface area (Å²) in [5.41, 5.74) is 8.76. The molecule has 0 heterocycles. The topological polar surface area (TPSA) is 86.1 Å². The van der Waals surface area contributed by atoms with E-state index in [0.29, 0.717) is 17.0 Å². The Kier molecular flexibility index (Phi) is 4.97. The van der Waals surface area contributed by atoms with Crippen LogP contribution in [0.4, 0.5) is 0 Å². The molecule has 0 amide bonds. The number of hydrogen-bond donors (Lipinski definition) is 1. The molecule has 0 aliphatic carbocycles. The number of ketones is 1. The number of aliphatic hydroxyl groups is 1. The Hall–Kier alpha value is -1.55. The van der Waals surface area contributed by atoms with Gasteiger partial charge in [0.25, 0.3) is 0 Å². The average molecular weight is 254 g/mol. The summed E-state index contributed by atoms with van der Waals surface area (Å²) >= 11 is 5.70. The van der Waals surface area contributed by atoms with Crippen molar-refractivity contribution in [2.75, 3.05) is 0 Å². The maximum absolute atomic E-state index is 12.0. The van der Waals surface area contributed by atoms with Gasteiger partial charge in [-0.3, -0.25) is 4.79 Å². The smallest absolute Gasteiger partial charge is 0.174 e. The van der Waals surface area contributed by atoms with Gasteiger partial charge in [-0.25, -0.2) is 0 Å². The van der Waals surface area contributed by atoms with Crippen LogP contribution in [-0.2, 0) is 0 Å². The highest BCUT2D eigenvalue weighted by atomic mass is 35.5. The minimum Gasteiger partial charge on any atom is -0.392 e. The number of halogens is 1. The Bertz CT molecular complexity index is 441. The number of rotatable bonds is 5. The van der Waals surface area contributed by atoms with Gasteiger partial charge in [0.15, 0.2) is 5.78 Å². The van der Waals surface area contributed by atoms with Crippen molar-refractivity contribution >= 4 is 17.4 Å². The van der Waals surface area contributed by atoms with Gasteiger partial charge in [0, 0.05) is 15.5 Å². The van der Waals surface area contributed by atoms with Crippen LogP contribution in [-0.4, -0.2) is 23.0 Å². The van der Waals surface area contributed by atoms with E-state index in [9.17, 15) is 9.90 Å². The molecular weight excluding hydrogens is 242 g/mol. The molecule has 0 radical (unpaired) electrons. The maximum atomic E-state index is 12.0. The zero-order valence-corrected chi connectivity index (χ0v) is 10.0. The molecule has 1 rings (SSSR count). The number of carbonyl (C=O) groups excluding carboxylic acids is 1. The Morgan fingerprint density at radius 3 is 2.59 bits per heavy atom. The number of aliphatic hydroxyl groups excluding tert-OH is 1. The second-order valence-electron chi connectivity index (χ2n) is 3.50. The monoisotopic (exact) mass is 253 g/mol. The Morgan fingerprint density at radius 2 is 2.12 bits per heavy atom. The number of nitrogens with zero attached hydrogens (tertiary/aromatic N) is 3. The molecule has 0 aliphatic heterocycles. The second kappa shape index (κ2) is 6.25. The lowest BCUT2D eigenvalue weighted by atomic mass is 9.99. The Labute approximate surface area is 104 Å². The first kappa shape index (κ1) is 13.5. The lowest BCUT2D eigenvalue weighted by Crippen LogP contribution is -2.31. The molecule has 0 aromatic heterocycles. The van der Waals surface area contributed by atoms with Crippen molar-refractivity contribution in [2.24, 2.45) is 5.11 Å². The van der Waals surface area contributed by atoms with Crippen LogP contribution in [0.1, 0.15) is 23.7 Å². The summed E-state index contributed by atoms with van der Waals surface area (Å²) in [6, 6.07) is 5.12. The van der Waals surface area contributed by atoms with E-state index in [4.69, 9.17) is 17.1 Å². The third-order valence-corrected chi connectivity index (χ3v) is 2.61. The summed E-state index contributed by atoms with van der Waals surface area (Å²) in [4.78, 5) is 14.6. The van der Waals surface area contributed by atoms with E-state index < -0.39 is 17.9 Å². The van der Waals surface area contributed by atoms with Gasteiger partial charge < -0.3 is 5.11 Å². The van der Waals surface area contributed by atoms with Crippen LogP contribution in [0.3, 0.4) is 0 Å². The van der Waals surface area contributed by atoms with E-state index in [0.717, 1.165) is 0 Å². The lowest BCUT2D eigenvalue weighted by Gasteiger charge is -2.15. The summed E-state index contributed by atoms with van der Waals surface area (Å²) in [5, 5.41) is 13.5. The lowest BCUT2D eigenvalue weighted by molar-refractivity contribution is 0.0812. The summed E-state index contributed by atoms with van der Waals surface area (Å²) in [5.74, 6) is -0.409. The van der Waals surface area contributed by atoms with Gasteiger partial charge in [-0.2, -0.15) is 0 Å².